The maximum absolute atomic E-state index is 11.0. The SMILES string of the molecule is CC1(C)Oc2ccccc2C(NC(CO)Cc2ccc(OCc3ccccc3)cc2)C1O. The second-order valence-electron chi connectivity index (χ2n) is 8.83. The molecular formula is C27H31NO4. The van der Waals surface area contributed by atoms with Gasteiger partial charge in [0.25, 0.3) is 0 Å². The van der Waals surface area contributed by atoms with Crippen LogP contribution < -0.4 is 14.8 Å². The highest BCUT2D eigenvalue weighted by molar-refractivity contribution is 5.40. The Hall–Kier alpha value is -2.86. The molecule has 0 saturated carbocycles. The summed E-state index contributed by atoms with van der Waals surface area (Å²) in [5, 5.41) is 24.5. The van der Waals surface area contributed by atoms with Crippen molar-refractivity contribution in [2.45, 2.75) is 50.7 Å². The zero-order chi connectivity index (χ0) is 22.6. The summed E-state index contributed by atoms with van der Waals surface area (Å²) >= 11 is 0. The van der Waals surface area contributed by atoms with Crippen LogP contribution in [0.5, 0.6) is 11.5 Å². The molecule has 32 heavy (non-hydrogen) atoms. The number of hydrogen-bond donors (Lipinski definition) is 3. The minimum atomic E-state index is -0.750. The molecule has 1 aliphatic heterocycles. The van der Waals surface area contributed by atoms with Crippen LogP contribution in [0.1, 0.15) is 36.6 Å². The molecule has 3 unspecified atom stereocenters. The predicted molar refractivity (Wildman–Crippen MR) is 125 cm³/mol. The zero-order valence-electron chi connectivity index (χ0n) is 18.6. The summed E-state index contributed by atoms with van der Waals surface area (Å²) in [5.74, 6) is 1.57. The lowest BCUT2D eigenvalue weighted by molar-refractivity contribution is -0.0674. The van der Waals surface area contributed by atoms with E-state index in [9.17, 15) is 10.2 Å². The van der Waals surface area contributed by atoms with Crippen LogP contribution in [0.4, 0.5) is 0 Å². The van der Waals surface area contributed by atoms with E-state index in [4.69, 9.17) is 9.47 Å². The lowest BCUT2D eigenvalue weighted by atomic mass is 9.86. The van der Waals surface area contributed by atoms with E-state index in [2.05, 4.69) is 5.32 Å². The van der Waals surface area contributed by atoms with Crippen molar-refractivity contribution in [3.63, 3.8) is 0 Å². The molecule has 0 radical (unpaired) electrons. The molecule has 5 heteroatoms. The summed E-state index contributed by atoms with van der Waals surface area (Å²) in [4.78, 5) is 0. The van der Waals surface area contributed by atoms with Crippen molar-refractivity contribution in [2.75, 3.05) is 6.61 Å². The van der Waals surface area contributed by atoms with Crippen molar-refractivity contribution in [1.82, 2.24) is 5.32 Å². The van der Waals surface area contributed by atoms with E-state index >= 15 is 0 Å². The van der Waals surface area contributed by atoms with E-state index in [0.717, 1.165) is 28.2 Å². The van der Waals surface area contributed by atoms with Crippen LogP contribution in [-0.2, 0) is 13.0 Å². The van der Waals surface area contributed by atoms with Gasteiger partial charge in [-0.3, -0.25) is 0 Å². The molecule has 4 rings (SSSR count). The molecule has 3 aromatic carbocycles. The average Bonchev–Trinajstić information content (AvgIpc) is 2.81. The molecule has 0 saturated heterocycles. The number of aliphatic hydroxyl groups excluding tert-OH is 2. The third-order valence-electron chi connectivity index (χ3n) is 5.94. The highest BCUT2D eigenvalue weighted by Gasteiger charge is 2.43. The molecule has 0 amide bonds. The molecule has 3 N–H and O–H groups in total. The molecule has 0 aliphatic carbocycles. The molecule has 0 spiro atoms. The normalized spacial score (nSPS) is 20.1. The zero-order valence-corrected chi connectivity index (χ0v) is 18.6. The van der Waals surface area contributed by atoms with Crippen LogP contribution in [0, 0.1) is 0 Å². The Labute approximate surface area is 189 Å². The number of nitrogens with one attached hydrogen (secondary N) is 1. The Morgan fingerprint density at radius 2 is 1.62 bits per heavy atom. The second kappa shape index (κ2) is 9.74. The number of hydrogen-bond acceptors (Lipinski definition) is 5. The summed E-state index contributed by atoms with van der Waals surface area (Å²) in [5.41, 5.74) is 2.38. The summed E-state index contributed by atoms with van der Waals surface area (Å²) < 4.78 is 11.9. The number of aliphatic hydroxyl groups is 2. The average molecular weight is 434 g/mol. The van der Waals surface area contributed by atoms with Crippen LogP contribution >= 0.6 is 0 Å². The highest BCUT2D eigenvalue weighted by Crippen LogP contribution is 2.39. The fourth-order valence-corrected chi connectivity index (χ4v) is 4.10. The molecule has 168 valence electrons. The van der Waals surface area contributed by atoms with Crippen molar-refractivity contribution in [1.29, 1.82) is 0 Å². The van der Waals surface area contributed by atoms with Crippen molar-refractivity contribution < 1.29 is 19.7 Å². The van der Waals surface area contributed by atoms with Gasteiger partial charge in [0.2, 0.25) is 0 Å². The van der Waals surface area contributed by atoms with Gasteiger partial charge < -0.3 is 25.0 Å². The Kier molecular flexibility index (Phi) is 6.80. The highest BCUT2D eigenvalue weighted by atomic mass is 16.5. The number of para-hydroxylation sites is 1. The van der Waals surface area contributed by atoms with E-state index in [0.29, 0.717) is 13.0 Å². The van der Waals surface area contributed by atoms with Crippen LogP contribution in [0.25, 0.3) is 0 Å². The Morgan fingerprint density at radius 1 is 0.938 bits per heavy atom. The number of rotatable bonds is 8. The molecule has 3 atom stereocenters. The fraction of sp³-hybridized carbons (Fsp3) is 0.333. The first-order chi connectivity index (χ1) is 15.5. The van der Waals surface area contributed by atoms with E-state index < -0.39 is 11.7 Å². The summed E-state index contributed by atoms with van der Waals surface area (Å²) in [6.45, 7) is 4.24. The Balaban J connectivity index is 1.41. The third-order valence-corrected chi connectivity index (χ3v) is 5.94. The Bertz CT molecular complexity index is 1000. The van der Waals surface area contributed by atoms with Gasteiger partial charge >= 0.3 is 0 Å². The van der Waals surface area contributed by atoms with Gasteiger partial charge in [0.15, 0.2) is 0 Å². The van der Waals surface area contributed by atoms with Crippen molar-refractivity contribution in [3.8, 4) is 11.5 Å². The van der Waals surface area contributed by atoms with Gasteiger partial charge in [-0.2, -0.15) is 0 Å². The summed E-state index contributed by atoms with van der Waals surface area (Å²) in [6, 6.07) is 25.2. The minimum absolute atomic E-state index is 0.0427. The van der Waals surface area contributed by atoms with E-state index in [-0.39, 0.29) is 18.7 Å². The number of fused-ring (bicyclic) bond motifs is 1. The first-order valence-corrected chi connectivity index (χ1v) is 11.0. The quantitative estimate of drug-likeness (QED) is 0.500. The lowest BCUT2D eigenvalue weighted by Crippen LogP contribution is -2.54. The topological polar surface area (TPSA) is 71.0 Å². The third kappa shape index (κ3) is 5.13. The maximum atomic E-state index is 11.0. The van der Waals surface area contributed by atoms with E-state index in [1.165, 1.54) is 0 Å². The lowest BCUT2D eigenvalue weighted by Gasteiger charge is -2.43. The van der Waals surface area contributed by atoms with Crippen molar-refractivity contribution in [2.24, 2.45) is 0 Å². The van der Waals surface area contributed by atoms with Crippen molar-refractivity contribution >= 4 is 0 Å². The van der Waals surface area contributed by atoms with Gasteiger partial charge in [0, 0.05) is 11.6 Å². The monoisotopic (exact) mass is 433 g/mol. The molecule has 1 aliphatic rings. The largest absolute Gasteiger partial charge is 0.489 e. The maximum Gasteiger partial charge on any atom is 0.131 e. The van der Waals surface area contributed by atoms with Crippen LogP contribution in [0.3, 0.4) is 0 Å². The van der Waals surface area contributed by atoms with Gasteiger partial charge in [-0.15, -0.1) is 0 Å². The summed E-state index contributed by atoms with van der Waals surface area (Å²) in [6.07, 6.45) is -0.123. The molecule has 1 heterocycles. The summed E-state index contributed by atoms with van der Waals surface area (Å²) in [7, 11) is 0. The van der Waals surface area contributed by atoms with Crippen LogP contribution in [-0.4, -0.2) is 34.6 Å². The van der Waals surface area contributed by atoms with Gasteiger partial charge in [-0.1, -0.05) is 60.7 Å². The van der Waals surface area contributed by atoms with Gasteiger partial charge in [0.1, 0.15) is 29.8 Å². The van der Waals surface area contributed by atoms with Crippen LogP contribution in [0.2, 0.25) is 0 Å². The fourth-order valence-electron chi connectivity index (χ4n) is 4.10. The molecule has 5 nitrogen and oxygen atoms in total. The first kappa shape index (κ1) is 22.3. The van der Waals surface area contributed by atoms with Crippen molar-refractivity contribution in [3.05, 3.63) is 95.6 Å². The van der Waals surface area contributed by atoms with Gasteiger partial charge in [-0.25, -0.2) is 0 Å². The van der Waals surface area contributed by atoms with Gasteiger partial charge in [0.05, 0.1) is 12.6 Å². The molecule has 0 aromatic heterocycles. The van der Waals surface area contributed by atoms with Crippen LogP contribution in [0.15, 0.2) is 78.9 Å². The predicted octanol–water partition coefficient (Wildman–Crippen LogP) is 4.03. The number of benzene rings is 3. The molecular weight excluding hydrogens is 402 g/mol. The van der Waals surface area contributed by atoms with E-state index in [1.54, 1.807) is 0 Å². The molecule has 0 bridgehead atoms. The standard InChI is InChI=1S/C27H31NO4/c1-27(2)26(30)25(23-10-6-7-11-24(23)32-27)28-21(17-29)16-19-12-14-22(15-13-19)31-18-20-8-4-3-5-9-20/h3-15,21,25-26,28-30H,16-18H2,1-2H3. The molecule has 0 fully saturated rings. The minimum Gasteiger partial charge on any atom is -0.489 e. The van der Waals surface area contributed by atoms with E-state index in [1.807, 2.05) is 92.7 Å². The first-order valence-electron chi connectivity index (χ1n) is 11.0. The second-order valence-corrected chi connectivity index (χ2v) is 8.83. The van der Waals surface area contributed by atoms with Gasteiger partial charge in [-0.05, 0) is 49.6 Å². The smallest absolute Gasteiger partial charge is 0.131 e. The Morgan fingerprint density at radius 3 is 2.34 bits per heavy atom. The number of ether oxygens (including phenoxy) is 2. The molecule has 3 aromatic rings.